The number of non-ortho nitro benzene ring substituents is 1. The molecule has 0 spiro atoms. The topological polar surface area (TPSA) is 108 Å². The van der Waals surface area contributed by atoms with Crippen LogP contribution in [0.4, 0.5) is 5.69 Å². The Hall–Kier alpha value is -3.42. The van der Waals surface area contributed by atoms with Crippen LogP contribution in [0.15, 0.2) is 42.5 Å². The number of esters is 1. The maximum absolute atomic E-state index is 12.1. The summed E-state index contributed by atoms with van der Waals surface area (Å²) in [6.07, 6.45) is 0. The van der Waals surface area contributed by atoms with Crippen molar-refractivity contribution < 1.29 is 24.0 Å². The third kappa shape index (κ3) is 5.04. The zero-order chi connectivity index (χ0) is 19.1. The monoisotopic (exact) mass is 358 g/mol. The van der Waals surface area contributed by atoms with Crippen molar-refractivity contribution >= 4 is 17.6 Å². The van der Waals surface area contributed by atoms with E-state index in [1.54, 1.807) is 0 Å². The van der Waals surface area contributed by atoms with Crippen LogP contribution in [0.25, 0.3) is 0 Å². The van der Waals surface area contributed by atoms with Gasteiger partial charge in [-0.3, -0.25) is 14.9 Å². The number of ether oxygens (including phenoxy) is 2. The summed E-state index contributed by atoms with van der Waals surface area (Å²) in [5.74, 6) is -1.24. The van der Waals surface area contributed by atoms with E-state index < -0.39 is 23.4 Å². The van der Waals surface area contributed by atoms with Gasteiger partial charge in [-0.2, -0.15) is 0 Å². The first-order valence-corrected chi connectivity index (χ1v) is 7.72. The van der Waals surface area contributed by atoms with Crippen molar-refractivity contribution in [2.75, 3.05) is 13.7 Å². The van der Waals surface area contributed by atoms with Crippen molar-refractivity contribution in [1.82, 2.24) is 5.32 Å². The number of carbonyl (C=O) groups excluding carboxylic acids is 2. The molecule has 2 rings (SSSR count). The van der Waals surface area contributed by atoms with Gasteiger partial charge in [0.15, 0.2) is 6.61 Å². The maximum Gasteiger partial charge on any atom is 0.342 e. The van der Waals surface area contributed by atoms with Gasteiger partial charge in [0.1, 0.15) is 11.3 Å². The summed E-state index contributed by atoms with van der Waals surface area (Å²) in [6.45, 7) is 1.76. The molecule has 8 nitrogen and oxygen atoms in total. The fourth-order valence-electron chi connectivity index (χ4n) is 2.14. The molecule has 26 heavy (non-hydrogen) atoms. The number of hydrogen-bond donors (Lipinski definition) is 1. The van der Waals surface area contributed by atoms with Crippen LogP contribution in [0.3, 0.4) is 0 Å². The molecule has 136 valence electrons. The Bertz CT molecular complexity index is 817. The zero-order valence-electron chi connectivity index (χ0n) is 14.4. The van der Waals surface area contributed by atoms with Gasteiger partial charge in [0, 0.05) is 18.7 Å². The number of nitro benzene ring substituents is 1. The molecule has 1 amide bonds. The lowest BCUT2D eigenvalue weighted by Gasteiger charge is -2.09. The summed E-state index contributed by atoms with van der Waals surface area (Å²) in [7, 11) is 1.33. The Balaban J connectivity index is 1.93. The first-order valence-electron chi connectivity index (χ1n) is 7.72. The number of aryl methyl sites for hydroxylation is 1. The molecule has 0 saturated heterocycles. The van der Waals surface area contributed by atoms with Gasteiger partial charge in [0.2, 0.25) is 0 Å². The minimum absolute atomic E-state index is 0.118. The summed E-state index contributed by atoms with van der Waals surface area (Å²) in [5, 5.41) is 13.5. The number of amides is 1. The smallest absolute Gasteiger partial charge is 0.342 e. The molecule has 0 fully saturated rings. The van der Waals surface area contributed by atoms with E-state index in [4.69, 9.17) is 9.47 Å². The number of rotatable bonds is 7. The number of carbonyl (C=O) groups is 2. The van der Waals surface area contributed by atoms with Crippen LogP contribution in [0.2, 0.25) is 0 Å². The number of nitrogens with zero attached hydrogens (tertiary/aromatic N) is 1. The summed E-state index contributed by atoms with van der Waals surface area (Å²) in [5.41, 5.74) is 1.63. The fourth-order valence-corrected chi connectivity index (χ4v) is 2.14. The van der Waals surface area contributed by atoms with E-state index in [9.17, 15) is 19.7 Å². The van der Waals surface area contributed by atoms with E-state index in [2.05, 4.69) is 5.32 Å². The third-order valence-corrected chi connectivity index (χ3v) is 3.56. The summed E-state index contributed by atoms with van der Waals surface area (Å²) < 4.78 is 9.92. The highest BCUT2D eigenvalue weighted by atomic mass is 16.6. The summed E-state index contributed by atoms with van der Waals surface area (Å²) in [6, 6.07) is 11.2. The largest absolute Gasteiger partial charge is 0.496 e. The van der Waals surface area contributed by atoms with Crippen molar-refractivity contribution in [3.63, 3.8) is 0 Å². The van der Waals surface area contributed by atoms with Crippen molar-refractivity contribution in [2.45, 2.75) is 13.5 Å². The first kappa shape index (κ1) is 18.9. The van der Waals surface area contributed by atoms with E-state index in [1.807, 2.05) is 31.2 Å². The molecule has 2 aromatic carbocycles. The van der Waals surface area contributed by atoms with Gasteiger partial charge < -0.3 is 14.8 Å². The lowest BCUT2D eigenvalue weighted by atomic mass is 10.1. The molecule has 0 saturated carbocycles. The van der Waals surface area contributed by atoms with Gasteiger partial charge in [0.25, 0.3) is 11.6 Å². The van der Waals surface area contributed by atoms with Gasteiger partial charge in [-0.1, -0.05) is 29.8 Å². The van der Waals surface area contributed by atoms with E-state index in [1.165, 1.54) is 19.2 Å². The van der Waals surface area contributed by atoms with Crippen molar-refractivity contribution in [3.8, 4) is 5.75 Å². The van der Waals surface area contributed by atoms with Crippen LogP contribution >= 0.6 is 0 Å². The second kappa shape index (κ2) is 8.61. The predicted molar refractivity (Wildman–Crippen MR) is 93.0 cm³/mol. The summed E-state index contributed by atoms with van der Waals surface area (Å²) in [4.78, 5) is 34.1. The molecule has 0 heterocycles. The van der Waals surface area contributed by atoms with E-state index in [0.717, 1.165) is 17.2 Å². The molecule has 0 radical (unpaired) electrons. The lowest BCUT2D eigenvalue weighted by molar-refractivity contribution is -0.384. The maximum atomic E-state index is 12.1. The molecule has 0 aliphatic carbocycles. The van der Waals surface area contributed by atoms with Crippen molar-refractivity contribution in [3.05, 3.63) is 69.3 Å². The quantitative estimate of drug-likeness (QED) is 0.462. The highest BCUT2D eigenvalue weighted by Gasteiger charge is 2.19. The third-order valence-electron chi connectivity index (χ3n) is 3.56. The Morgan fingerprint density at radius 1 is 1.15 bits per heavy atom. The average Bonchev–Trinajstić information content (AvgIpc) is 2.65. The molecule has 0 unspecified atom stereocenters. The number of nitro groups is 1. The minimum Gasteiger partial charge on any atom is -0.496 e. The molecule has 8 heteroatoms. The standard InChI is InChI=1S/C18H18N2O6/c1-12-3-5-13(6-4-12)10-19-17(21)11-26-18(22)15-9-14(20(23)24)7-8-16(15)25-2/h3-9H,10-11H2,1-2H3,(H,19,21). The average molecular weight is 358 g/mol. The van der Waals surface area contributed by atoms with Crippen molar-refractivity contribution in [2.24, 2.45) is 0 Å². The van der Waals surface area contributed by atoms with Gasteiger partial charge in [0.05, 0.1) is 12.0 Å². The molecule has 2 aromatic rings. The highest BCUT2D eigenvalue weighted by Crippen LogP contribution is 2.24. The Kier molecular flexibility index (Phi) is 6.26. The molecule has 1 N–H and O–H groups in total. The molecular formula is C18H18N2O6. The van der Waals surface area contributed by atoms with E-state index >= 15 is 0 Å². The molecular weight excluding hydrogens is 340 g/mol. The number of benzene rings is 2. The van der Waals surface area contributed by atoms with Crippen LogP contribution in [0.1, 0.15) is 21.5 Å². The van der Waals surface area contributed by atoms with Gasteiger partial charge >= 0.3 is 5.97 Å². The van der Waals surface area contributed by atoms with Crippen LogP contribution in [-0.2, 0) is 16.1 Å². The Morgan fingerprint density at radius 3 is 2.46 bits per heavy atom. The van der Waals surface area contributed by atoms with Crippen LogP contribution in [0.5, 0.6) is 5.75 Å². The van der Waals surface area contributed by atoms with Crippen molar-refractivity contribution in [1.29, 1.82) is 0 Å². The number of methoxy groups -OCH3 is 1. The molecule has 0 aromatic heterocycles. The van der Waals surface area contributed by atoms with Crippen LogP contribution in [0, 0.1) is 17.0 Å². The molecule has 0 bridgehead atoms. The van der Waals surface area contributed by atoms with Gasteiger partial charge in [-0.25, -0.2) is 4.79 Å². The molecule has 0 aliphatic heterocycles. The SMILES string of the molecule is COc1ccc([N+](=O)[O-])cc1C(=O)OCC(=O)NCc1ccc(C)cc1. The second-order valence-electron chi connectivity index (χ2n) is 5.48. The Labute approximate surface area is 149 Å². The first-order chi connectivity index (χ1) is 12.4. The lowest BCUT2D eigenvalue weighted by Crippen LogP contribution is -2.28. The zero-order valence-corrected chi connectivity index (χ0v) is 14.4. The second-order valence-corrected chi connectivity index (χ2v) is 5.48. The predicted octanol–water partition coefficient (Wildman–Crippen LogP) is 2.39. The highest BCUT2D eigenvalue weighted by molar-refractivity contribution is 5.94. The van der Waals surface area contributed by atoms with Crippen LogP contribution < -0.4 is 10.1 Å². The molecule has 0 atom stereocenters. The van der Waals surface area contributed by atoms with E-state index in [0.29, 0.717) is 6.54 Å². The van der Waals surface area contributed by atoms with Gasteiger partial charge in [-0.05, 0) is 18.6 Å². The number of nitrogens with one attached hydrogen (secondary N) is 1. The summed E-state index contributed by atoms with van der Waals surface area (Å²) >= 11 is 0. The normalized spacial score (nSPS) is 10.1. The van der Waals surface area contributed by atoms with E-state index in [-0.39, 0.29) is 17.0 Å². The Morgan fingerprint density at radius 2 is 1.85 bits per heavy atom. The number of hydrogen-bond acceptors (Lipinski definition) is 6. The van der Waals surface area contributed by atoms with Gasteiger partial charge in [-0.15, -0.1) is 0 Å². The molecule has 0 aliphatic rings. The minimum atomic E-state index is -0.879. The van der Waals surface area contributed by atoms with Crippen LogP contribution in [-0.4, -0.2) is 30.5 Å². The fraction of sp³-hybridized carbons (Fsp3) is 0.222.